The molecule has 0 bridgehead atoms. The Bertz CT molecular complexity index is 1390. The van der Waals surface area contributed by atoms with Crippen LogP contribution >= 0.6 is 23.2 Å². The first-order valence-corrected chi connectivity index (χ1v) is 13.2. The van der Waals surface area contributed by atoms with Gasteiger partial charge in [0.15, 0.2) is 5.82 Å². The van der Waals surface area contributed by atoms with Gasteiger partial charge >= 0.3 is 0 Å². The Hall–Kier alpha value is -3.33. The number of ether oxygens (including phenoxy) is 3. The summed E-state index contributed by atoms with van der Waals surface area (Å²) in [5.74, 6) is 2.02. The molecule has 0 radical (unpaired) electrons. The van der Waals surface area contributed by atoms with E-state index in [2.05, 4.69) is 27.8 Å². The fourth-order valence-electron chi connectivity index (χ4n) is 4.48. The molecule has 0 amide bonds. The van der Waals surface area contributed by atoms with Gasteiger partial charge in [0.25, 0.3) is 0 Å². The third-order valence-corrected chi connectivity index (χ3v) is 7.19. The first-order chi connectivity index (χ1) is 18.6. The number of benzene rings is 2. The summed E-state index contributed by atoms with van der Waals surface area (Å²) in [5.41, 5.74) is 2.98. The minimum atomic E-state index is 0.171. The molecule has 2 N–H and O–H groups in total. The molecule has 0 spiro atoms. The van der Waals surface area contributed by atoms with Crippen molar-refractivity contribution < 1.29 is 14.2 Å². The Morgan fingerprint density at radius 1 is 1.03 bits per heavy atom. The lowest BCUT2D eigenvalue weighted by atomic mass is 10.1. The van der Waals surface area contributed by atoms with Gasteiger partial charge < -0.3 is 24.8 Å². The van der Waals surface area contributed by atoms with Gasteiger partial charge in [0.2, 0.25) is 5.95 Å². The average molecular weight is 554 g/mol. The Balaban J connectivity index is 1.56. The van der Waals surface area contributed by atoms with E-state index in [4.69, 9.17) is 47.4 Å². The van der Waals surface area contributed by atoms with Crippen LogP contribution in [0.3, 0.4) is 0 Å². The zero-order valence-electron chi connectivity index (χ0n) is 21.3. The molecular weight excluding hydrogens is 525 g/mol. The molecule has 4 aromatic rings. The van der Waals surface area contributed by atoms with Crippen LogP contribution in [0, 0.1) is 0 Å². The number of methoxy groups -OCH3 is 2. The van der Waals surface area contributed by atoms with Gasteiger partial charge in [-0.05, 0) is 30.9 Å². The van der Waals surface area contributed by atoms with Crippen molar-refractivity contribution in [3.8, 4) is 22.8 Å². The van der Waals surface area contributed by atoms with E-state index < -0.39 is 0 Å². The van der Waals surface area contributed by atoms with Crippen LogP contribution < -0.4 is 20.1 Å². The summed E-state index contributed by atoms with van der Waals surface area (Å²) in [6, 6.07) is 14.0. The second-order valence-corrected chi connectivity index (χ2v) is 9.75. The molecule has 1 aliphatic rings. The fourth-order valence-corrected chi connectivity index (χ4v) is 5.17. The van der Waals surface area contributed by atoms with Crippen molar-refractivity contribution in [1.82, 2.24) is 15.0 Å². The highest BCUT2D eigenvalue weighted by molar-refractivity contribution is 6.41. The number of halogens is 2. The quantitative estimate of drug-likeness (QED) is 0.251. The van der Waals surface area contributed by atoms with Crippen molar-refractivity contribution in [2.75, 3.05) is 44.6 Å². The molecule has 1 atom stereocenters. The van der Waals surface area contributed by atoms with Gasteiger partial charge in [-0.1, -0.05) is 53.5 Å². The molecule has 2 aromatic carbocycles. The molecule has 198 valence electrons. The Kier molecular flexibility index (Phi) is 8.32. The molecule has 10 heteroatoms. The number of pyridine rings is 1. The first kappa shape index (κ1) is 26.3. The lowest BCUT2D eigenvalue weighted by Crippen LogP contribution is -2.30. The van der Waals surface area contributed by atoms with Gasteiger partial charge in [0, 0.05) is 36.4 Å². The monoisotopic (exact) mass is 553 g/mol. The fraction of sp³-hybridized carbons (Fsp3) is 0.321. The number of hydrogen-bond acceptors (Lipinski definition) is 8. The number of fused-ring (bicyclic) bond motifs is 1. The largest absolute Gasteiger partial charge is 0.495 e. The normalized spacial score (nSPS) is 15.3. The van der Waals surface area contributed by atoms with Crippen molar-refractivity contribution in [2.45, 2.75) is 25.3 Å². The van der Waals surface area contributed by atoms with E-state index in [-0.39, 0.29) is 6.04 Å². The SMILES string of the molecule is COc1cc(OC)c(Cl)c(-c2cc3cnc(N[C@H]4CCCOC4)nc3c(NCCc3ccccc3)n2)c1Cl. The van der Waals surface area contributed by atoms with E-state index in [1.165, 1.54) is 5.56 Å². The molecule has 1 fully saturated rings. The van der Waals surface area contributed by atoms with Crippen molar-refractivity contribution >= 4 is 45.9 Å². The Labute approximate surface area is 231 Å². The topological polar surface area (TPSA) is 90.4 Å². The summed E-state index contributed by atoms with van der Waals surface area (Å²) in [4.78, 5) is 14.3. The molecule has 0 unspecified atom stereocenters. The number of aromatic nitrogens is 3. The maximum Gasteiger partial charge on any atom is 0.223 e. The highest BCUT2D eigenvalue weighted by Gasteiger charge is 2.22. The van der Waals surface area contributed by atoms with E-state index in [0.717, 1.165) is 31.3 Å². The van der Waals surface area contributed by atoms with Crippen molar-refractivity contribution in [2.24, 2.45) is 0 Å². The predicted octanol–water partition coefficient (Wildman–Crippen LogP) is 6.26. The van der Waals surface area contributed by atoms with Crippen LogP contribution in [-0.2, 0) is 11.2 Å². The Morgan fingerprint density at radius 3 is 2.47 bits per heavy atom. The molecule has 38 heavy (non-hydrogen) atoms. The van der Waals surface area contributed by atoms with Crippen LogP contribution in [0.5, 0.6) is 11.5 Å². The second kappa shape index (κ2) is 12.0. The lowest BCUT2D eigenvalue weighted by molar-refractivity contribution is 0.0874. The lowest BCUT2D eigenvalue weighted by Gasteiger charge is -2.23. The number of nitrogens with one attached hydrogen (secondary N) is 2. The van der Waals surface area contributed by atoms with Gasteiger partial charge in [0.05, 0.1) is 42.6 Å². The van der Waals surface area contributed by atoms with Gasteiger partial charge in [-0.25, -0.2) is 15.0 Å². The average Bonchev–Trinajstić information content (AvgIpc) is 2.94. The van der Waals surface area contributed by atoms with Gasteiger partial charge in [-0.2, -0.15) is 0 Å². The van der Waals surface area contributed by atoms with E-state index in [0.29, 0.717) is 63.2 Å². The molecule has 8 nitrogen and oxygen atoms in total. The van der Waals surface area contributed by atoms with Crippen LogP contribution in [0.1, 0.15) is 18.4 Å². The summed E-state index contributed by atoms with van der Waals surface area (Å²) in [7, 11) is 3.09. The minimum absolute atomic E-state index is 0.171. The van der Waals surface area contributed by atoms with Gasteiger partial charge in [-0.15, -0.1) is 0 Å². The van der Waals surface area contributed by atoms with Crippen LogP contribution in [-0.4, -0.2) is 55.0 Å². The second-order valence-electron chi connectivity index (χ2n) is 8.99. The standard InChI is InChI=1S/C28H29Cl2N5O3/c1-36-21-14-22(37-2)25(30)23(24(21)29)20-13-18-15-32-28(33-19-9-6-12-38-16-19)35-26(18)27(34-20)31-11-10-17-7-4-3-5-8-17/h3-5,7-8,13-15,19H,6,9-12,16H2,1-2H3,(H,31,34)(H,32,33,35)/t19-/m0/s1. The van der Waals surface area contributed by atoms with Gasteiger partial charge in [-0.3, -0.25) is 0 Å². The highest BCUT2D eigenvalue weighted by Crippen LogP contribution is 2.46. The van der Waals surface area contributed by atoms with E-state index >= 15 is 0 Å². The summed E-state index contributed by atoms with van der Waals surface area (Å²) in [6.45, 7) is 2.08. The number of rotatable bonds is 9. The molecule has 3 heterocycles. The zero-order valence-corrected chi connectivity index (χ0v) is 22.8. The zero-order chi connectivity index (χ0) is 26.5. The summed E-state index contributed by atoms with van der Waals surface area (Å²) < 4.78 is 16.5. The molecule has 2 aromatic heterocycles. The smallest absolute Gasteiger partial charge is 0.223 e. The molecule has 0 saturated carbocycles. The van der Waals surface area contributed by atoms with Crippen LogP contribution in [0.15, 0.2) is 48.7 Å². The van der Waals surface area contributed by atoms with Gasteiger partial charge in [0.1, 0.15) is 17.0 Å². The highest BCUT2D eigenvalue weighted by atomic mass is 35.5. The molecular formula is C28H29Cl2N5O3. The van der Waals surface area contributed by atoms with E-state index in [9.17, 15) is 0 Å². The Morgan fingerprint density at radius 2 is 1.79 bits per heavy atom. The predicted molar refractivity (Wildman–Crippen MR) is 152 cm³/mol. The maximum absolute atomic E-state index is 6.72. The number of hydrogen-bond donors (Lipinski definition) is 2. The van der Waals surface area contributed by atoms with Crippen LogP contribution in [0.4, 0.5) is 11.8 Å². The van der Waals surface area contributed by atoms with Crippen molar-refractivity contribution in [3.63, 3.8) is 0 Å². The van der Waals surface area contributed by atoms with Crippen molar-refractivity contribution in [3.05, 3.63) is 64.3 Å². The third kappa shape index (κ3) is 5.72. The summed E-state index contributed by atoms with van der Waals surface area (Å²) >= 11 is 13.4. The number of nitrogens with zero attached hydrogens (tertiary/aromatic N) is 3. The maximum atomic E-state index is 6.72. The minimum Gasteiger partial charge on any atom is -0.495 e. The van der Waals surface area contributed by atoms with E-state index in [1.54, 1.807) is 26.5 Å². The molecule has 0 aliphatic carbocycles. The number of anilines is 2. The molecule has 1 saturated heterocycles. The molecule has 1 aliphatic heterocycles. The molecule has 5 rings (SSSR count). The van der Waals surface area contributed by atoms with E-state index in [1.807, 2.05) is 24.3 Å². The third-order valence-electron chi connectivity index (χ3n) is 6.44. The van der Waals surface area contributed by atoms with Crippen LogP contribution in [0.25, 0.3) is 22.2 Å². The summed E-state index contributed by atoms with van der Waals surface area (Å²) in [5, 5.41) is 8.35. The van der Waals surface area contributed by atoms with Crippen molar-refractivity contribution in [1.29, 1.82) is 0 Å². The van der Waals surface area contributed by atoms with Crippen LogP contribution in [0.2, 0.25) is 10.0 Å². The summed E-state index contributed by atoms with van der Waals surface area (Å²) in [6.07, 6.45) is 4.61. The first-order valence-electron chi connectivity index (χ1n) is 12.5.